The van der Waals surface area contributed by atoms with Crippen molar-refractivity contribution in [1.29, 1.82) is 0 Å². The Labute approximate surface area is 98.8 Å². The van der Waals surface area contributed by atoms with Crippen LogP contribution in [0.5, 0.6) is 5.75 Å². The molecule has 2 heteroatoms. The molecule has 0 saturated carbocycles. The molecule has 0 amide bonds. The van der Waals surface area contributed by atoms with Crippen LogP contribution in [0.1, 0.15) is 36.5 Å². The first kappa shape index (κ1) is 13.0. The van der Waals surface area contributed by atoms with Crippen LogP contribution in [0.15, 0.2) is 12.1 Å². The first-order valence-corrected chi connectivity index (χ1v) is 5.86. The average molecular weight is 221 g/mol. The van der Waals surface area contributed by atoms with Crippen molar-refractivity contribution in [1.82, 2.24) is 0 Å². The topological polar surface area (TPSA) is 35.2 Å². The molecule has 90 valence electrons. The van der Waals surface area contributed by atoms with Crippen molar-refractivity contribution in [3.63, 3.8) is 0 Å². The number of aryl methyl sites for hydroxylation is 2. The Morgan fingerprint density at radius 3 is 2.31 bits per heavy atom. The number of nitrogens with two attached hydrogens (primary N) is 1. The van der Waals surface area contributed by atoms with Gasteiger partial charge in [0.05, 0.1) is 7.11 Å². The number of hydrogen-bond acceptors (Lipinski definition) is 2. The Hall–Kier alpha value is -1.02. The Bertz CT molecular complexity index is 358. The summed E-state index contributed by atoms with van der Waals surface area (Å²) in [7, 11) is 1.73. The first-order valence-electron chi connectivity index (χ1n) is 5.86. The maximum absolute atomic E-state index is 5.88. The maximum atomic E-state index is 5.88. The minimum atomic E-state index is 0.371. The minimum Gasteiger partial charge on any atom is -0.496 e. The summed E-state index contributed by atoms with van der Waals surface area (Å²) in [4.78, 5) is 0. The highest BCUT2D eigenvalue weighted by Gasteiger charge is 2.20. The molecule has 1 aromatic carbocycles. The molecule has 0 spiro atoms. The van der Waals surface area contributed by atoms with Gasteiger partial charge < -0.3 is 10.5 Å². The zero-order valence-corrected chi connectivity index (χ0v) is 11.0. The van der Waals surface area contributed by atoms with Crippen LogP contribution in [-0.2, 0) is 0 Å². The Balaban J connectivity index is 3.29. The van der Waals surface area contributed by atoms with Gasteiger partial charge in [0.15, 0.2) is 0 Å². The second-order valence-corrected chi connectivity index (χ2v) is 4.78. The molecule has 1 atom stereocenters. The van der Waals surface area contributed by atoms with Gasteiger partial charge in [0, 0.05) is 11.5 Å². The van der Waals surface area contributed by atoms with E-state index in [1.807, 2.05) is 0 Å². The van der Waals surface area contributed by atoms with Gasteiger partial charge in [-0.05, 0) is 43.5 Å². The predicted molar refractivity (Wildman–Crippen MR) is 69.1 cm³/mol. The molecule has 0 radical (unpaired) electrons. The van der Waals surface area contributed by atoms with Crippen molar-refractivity contribution >= 4 is 0 Å². The molecule has 0 aliphatic rings. The third-order valence-electron chi connectivity index (χ3n) is 3.14. The summed E-state index contributed by atoms with van der Waals surface area (Å²) in [5.41, 5.74) is 9.66. The fraction of sp³-hybridized carbons (Fsp3) is 0.571. The number of hydrogen-bond donors (Lipinski definition) is 1. The highest BCUT2D eigenvalue weighted by Crippen LogP contribution is 2.34. The fourth-order valence-corrected chi connectivity index (χ4v) is 2.31. The maximum Gasteiger partial charge on any atom is 0.122 e. The summed E-state index contributed by atoms with van der Waals surface area (Å²) in [5, 5.41) is 0. The zero-order chi connectivity index (χ0) is 12.3. The number of ether oxygens (including phenoxy) is 1. The van der Waals surface area contributed by atoms with Crippen LogP contribution in [-0.4, -0.2) is 13.7 Å². The van der Waals surface area contributed by atoms with E-state index in [0.717, 1.165) is 5.75 Å². The Morgan fingerprint density at radius 2 is 1.88 bits per heavy atom. The smallest absolute Gasteiger partial charge is 0.122 e. The van der Waals surface area contributed by atoms with Gasteiger partial charge >= 0.3 is 0 Å². The number of rotatable bonds is 4. The molecular formula is C14H23NO. The summed E-state index contributed by atoms with van der Waals surface area (Å²) in [6.45, 7) is 9.30. The molecule has 0 aliphatic heterocycles. The quantitative estimate of drug-likeness (QED) is 0.848. The Kier molecular flexibility index (Phi) is 4.36. The SMILES string of the molecule is COc1cc(C)cc(C)c1C(CN)C(C)C. The Morgan fingerprint density at radius 1 is 1.25 bits per heavy atom. The zero-order valence-electron chi connectivity index (χ0n) is 11.0. The molecule has 2 N–H and O–H groups in total. The third-order valence-corrected chi connectivity index (χ3v) is 3.14. The molecule has 0 aliphatic carbocycles. The van der Waals surface area contributed by atoms with Crippen molar-refractivity contribution < 1.29 is 4.74 Å². The lowest BCUT2D eigenvalue weighted by Crippen LogP contribution is -2.19. The number of benzene rings is 1. The summed E-state index contributed by atoms with van der Waals surface area (Å²) >= 11 is 0. The third kappa shape index (κ3) is 2.56. The molecule has 0 heterocycles. The minimum absolute atomic E-state index is 0.371. The van der Waals surface area contributed by atoms with E-state index in [1.54, 1.807) is 7.11 Å². The highest BCUT2D eigenvalue weighted by molar-refractivity contribution is 5.45. The van der Waals surface area contributed by atoms with Gasteiger partial charge in [-0.3, -0.25) is 0 Å². The molecule has 0 saturated heterocycles. The lowest BCUT2D eigenvalue weighted by Gasteiger charge is -2.24. The largest absolute Gasteiger partial charge is 0.496 e. The van der Waals surface area contributed by atoms with Crippen LogP contribution in [0.4, 0.5) is 0 Å². The molecule has 1 aromatic rings. The van der Waals surface area contributed by atoms with Gasteiger partial charge in [-0.25, -0.2) is 0 Å². The van der Waals surface area contributed by atoms with Crippen molar-refractivity contribution in [3.05, 3.63) is 28.8 Å². The summed E-state index contributed by atoms with van der Waals surface area (Å²) in [6, 6.07) is 4.29. The second kappa shape index (κ2) is 5.35. The van der Waals surface area contributed by atoms with E-state index in [0.29, 0.717) is 18.4 Å². The average Bonchev–Trinajstić information content (AvgIpc) is 2.21. The van der Waals surface area contributed by atoms with Crippen LogP contribution < -0.4 is 10.5 Å². The normalized spacial score (nSPS) is 12.9. The summed E-state index contributed by atoms with van der Waals surface area (Å²) in [6.07, 6.45) is 0. The summed E-state index contributed by atoms with van der Waals surface area (Å²) in [5.74, 6) is 1.87. The van der Waals surface area contributed by atoms with Crippen LogP contribution >= 0.6 is 0 Å². The molecule has 0 bridgehead atoms. The van der Waals surface area contributed by atoms with Gasteiger partial charge in [0.2, 0.25) is 0 Å². The lowest BCUT2D eigenvalue weighted by molar-refractivity contribution is 0.394. The van der Waals surface area contributed by atoms with Gasteiger partial charge in [-0.2, -0.15) is 0 Å². The molecule has 2 nitrogen and oxygen atoms in total. The summed E-state index contributed by atoms with van der Waals surface area (Å²) < 4.78 is 5.48. The molecule has 0 aromatic heterocycles. The highest BCUT2D eigenvalue weighted by atomic mass is 16.5. The van der Waals surface area contributed by atoms with Gasteiger partial charge in [0.25, 0.3) is 0 Å². The van der Waals surface area contributed by atoms with Crippen LogP contribution in [0.3, 0.4) is 0 Å². The van der Waals surface area contributed by atoms with Crippen molar-refractivity contribution in [3.8, 4) is 5.75 Å². The molecular weight excluding hydrogens is 198 g/mol. The standard InChI is InChI=1S/C14H23NO/c1-9(2)12(8-15)14-11(4)6-10(3)7-13(14)16-5/h6-7,9,12H,8,15H2,1-5H3. The van der Waals surface area contributed by atoms with Crippen LogP contribution in [0.25, 0.3) is 0 Å². The lowest BCUT2D eigenvalue weighted by atomic mass is 9.84. The van der Waals surface area contributed by atoms with Crippen LogP contribution in [0, 0.1) is 19.8 Å². The fourth-order valence-electron chi connectivity index (χ4n) is 2.31. The van der Waals surface area contributed by atoms with Crippen molar-refractivity contribution in [2.75, 3.05) is 13.7 Å². The molecule has 1 unspecified atom stereocenters. The predicted octanol–water partition coefficient (Wildman–Crippen LogP) is 3.01. The van der Waals surface area contributed by atoms with Gasteiger partial charge in [-0.15, -0.1) is 0 Å². The van der Waals surface area contributed by atoms with E-state index in [4.69, 9.17) is 10.5 Å². The van der Waals surface area contributed by atoms with Crippen molar-refractivity contribution in [2.45, 2.75) is 33.6 Å². The van der Waals surface area contributed by atoms with Gasteiger partial charge in [0.1, 0.15) is 5.75 Å². The monoisotopic (exact) mass is 221 g/mol. The van der Waals surface area contributed by atoms with Crippen molar-refractivity contribution in [2.24, 2.45) is 11.7 Å². The van der Waals surface area contributed by atoms with E-state index in [1.165, 1.54) is 16.7 Å². The van der Waals surface area contributed by atoms with E-state index >= 15 is 0 Å². The van der Waals surface area contributed by atoms with Gasteiger partial charge in [-0.1, -0.05) is 19.9 Å². The number of methoxy groups -OCH3 is 1. The first-order chi connectivity index (χ1) is 7.51. The second-order valence-electron chi connectivity index (χ2n) is 4.78. The molecule has 16 heavy (non-hydrogen) atoms. The van der Waals surface area contributed by atoms with Crippen LogP contribution in [0.2, 0.25) is 0 Å². The molecule has 1 rings (SSSR count). The van der Waals surface area contributed by atoms with E-state index < -0.39 is 0 Å². The van der Waals surface area contributed by atoms with E-state index in [2.05, 4.69) is 39.8 Å². The van der Waals surface area contributed by atoms with E-state index in [-0.39, 0.29) is 0 Å². The van der Waals surface area contributed by atoms with E-state index in [9.17, 15) is 0 Å². The molecule has 0 fully saturated rings.